The van der Waals surface area contributed by atoms with Gasteiger partial charge in [0.15, 0.2) is 11.6 Å². The second-order valence-electron chi connectivity index (χ2n) is 7.86. The summed E-state index contributed by atoms with van der Waals surface area (Å²) in [6.07, 6.45) is 1.72. The number of rotatable bonds is 7. The second kappa shape index (κ2) is 8.96. The molecule has 0 aliphatic carbocycles. The fraction of sp³-hybridized carbons (Fsp3) is 0.200. The molecule has 172 valence electrons. The van der Waals surface area contributed by atoms with Gasteiger partial charge in [0.25, 0.3) is 10.0 Å². The predicted molar refractivity (Wildman–Crippen MR) is 124 cm³/mol. The van der Waals surface area contributed by atoms with Crippen molar-refractivity contribution >= 4 is 20.9 Å². The molecule has 1 heterocycles. The molecule has 0 unspecified atom stereocenters. The number of nitrogens with zero attached hydrogens (tertiary/aromatic N) is 1. The Morgan fingerprint density at radius 1 is 1.00 bits per heavy atom. The first kappa shape index (κ1) is 22.9. The Labute approximate surface area is 191 Å². The van der Waals surface area contributed by atoms with Gasteiger partial charge in [-0.3, -0.25) is 0 Å². The minimum absolute atomic E-state index is 0.0896. The van der Waals surface area contributed by atoms with Crippen LogP contribution in [-0.2, 0) is 23.0 Å². The van der Waals surface area contributed by atoms with Gasteiger partial charge in [-0.1, -0.05) is 30.3 Å². The van der Waals surface area contributed by atoms with E-state index in [0.29, 0.717) is 23.4 Å². The number of halogens is 2. The molecule has 0 amide bonds. The first-order valence-corrected chi connectivity index (χ1v) is 11.8. The minimum Gasteiger partial charge on any atom is -0.497 e. The number of aryl methyl sites for hydroxylation is 1. The number of fused-ring (bicyclic) bond motifs is 1. The summed E-state index contributed by atoms with van der Waals surface area (Å²) in [6.45, 7) is 1.97. The highest BCUT2D eigenvalue weighted by atomic mass is 32.2. The second-order valence-corrected chi connectivity index (χ2v) is 9.68. The summed E-state index contributed by atoms with van der Waals surface area (Å²) >= 11 is 0. The Morgan fingerprint density at radius 2 is 1.79 bits per heavy atom. The molecule has 0 saturated heterocycles. The van der Waals surface area contributed by atoms with E-state index in [2.05, 4.69) is 5.32 Å². The van der Waals surface area contributed by atoms with Crippen LogP contribution in [0.5, 0.6) is 5.75 Å². The predicted octanol–water partition coefficient (Wildman–Crippen LogP) is 4.78. The lowest BCUT2D eigenvalue weighted by Gasteiger charge is -2.10. The maximum Gasteiger partial charge on any atom is 0.268 e. The highest BCUT2D eigenvalue weighted by molar-refractivity contribution is 7.90. The topological polar surface area (TPSA) is 60.3 Å². The fourth-order valence-electron chi connectivity index (χ4n) is 3.87. The van der Waals surface area contributed by atoms with Crippen LogP contribution < -0.4 is 10.1 Å². The molecule has 4 aromatic rings. The first-order valence-electron chi connectivity index (χ1n) is 10.4. The van der Waals surface area contributed by atoms with Crippen LogP contribution in [0.4, 0.5) is 8.78 Å². The van der Waals surface area contributed by atoms with Gasteiger partial charge in [-0.05, 0) is 54.4 Å². The lowest BCUT2D eigenvalue weighted by molar-refractivity contribution is 0.413. The van der Waals surface area contributed by atoms with Crippen molar-refractivity contribution in [2.75, 3.05) is 14.2 Å². The van der Waals surface area contributed by atoms with Gasteiger partial charge in [0, 0.05) is 30.6 Å². The molecule has 0 aliphatic rings. The van der Waals surface area contributed by atoms with Crippen LogP contribution in [-0.4, -0.2) is 26.5 Å². The van der Waals surface area contributed by atoms with Crippen LogP contribution >= 0.6 is 0 Å². The molecule has 0 atom stereocenters. The Kier molecular flexibility index (Phi) is 6.23. The van der Waals surface area contributed by atoms with Gasteiger partial charge in [-0.15, -0.1) is 0 Å². The van der Waals surface area contributed by atoms with Crippen LogP contribution in [0.1, 0.15) is 22.3 Å². The standard InChI is InChI=1S/C25H24F2N2O3S/c1-16-7-9-18(25(27)24(16)26)11-17-8-10-22-19(14-28-2)15-29(23(22)12-17)33(30,31)21-6-4-5-20(13-21)32-3/h4-10,12-13,15,28H,11,14H2,1-3H3. The van der Waals surface area contributed by atoms with Crippen molar-refractivity contribution in [3.8, 4) is 5.75 Å². The number of hydrogen-bond donors (Lipinski definition) is 1. The van der Waals surface area contributed by atoms with Gasteiger partial charge < -0.3 is 10.1 Å². The van der Waals surface area contributed by atoms with Crippen molar-refractivity contribution < 1.29 is 21.9 Å². The summed E-state index contributed by atoms with van der Waals surface area (Å²) in [6, 6.07) is 14.7. The Balaban J connectivity index is 1.85. The van der Waals surface area contributed by atoms with Crippen LogP contribution in [0.3, 0.4) is 0 Å². The van der Waals surface area contributed by atoms with E-state index in [9.17, 15) is 17.2 Å². The Morgan fingerprint density at radius 3 is 2.52 bits per heavy atom. The molecule has 0 spiro atoms. The third-order valence-corrected chi connectivity index (χ3v) is 7.30. The maximum atomic E-state index is 14.4. The third-order valence-electron chi connectivity index (χ3n) is 5.63. The molecule has 1 N–H and O–H groups in total. The largest absolute Gasteiger partial charge is 0.497 e. The van der Waals surface area contributed by atoms with E-state index in [4.69, 9.17) is 4.74 Å². The molecule has 0 bridgehead atoms. The highest BCUT2D eigenvalue weighted by Gasteiger charge is 2.22. The van der Waals surface area contributed by atoms with Crippen LogP contribution in [0, 0.1) is 18.6 Å². The van der Waals surface area contributed by atoms with Gasteiger partial charge in [-0.2, -0.15) is 0 Å². The van der Waals surface area contributed by atoms with Crippen molar-refractivity contribution in [2.24, 2.45) is 0 Å². The number of benzene rings is 3. The quantitative estimate of drug-likeness (QED) is 0.422. The van der Waals surface area contributed by atoms with Crippen molar-refractivity contribution in [2.45, 2.75) is 24.8 Å². The van der Waals surface area contributed by atoms with E-state index in [-0.39, 0.29) is 22.4 Å². The molecule has 4 rings (SSSR count). The molecule has 5 nitrogen and oxygen atoms in total. The third kappa shape index (κ3) is 4.24. The van der Waals surface area contributed by atoms with Crippen molar-refractivity contribution in [1.82, 2.24) is 9.29 Å². The Hall–Kier alpha value is -3.23. The van der Waals surface area contributed by atoms with Gasteiger partial charge in [-0.25, -0.2) is 21.2 Å². The van der Waals surface area contributed by atoms with E-state index in [0.717, 1.165) is 10.9 Å². The molecule has 0 saturated carbocycles. The molecular formula is C25H24F2N2O3S. The first-order chi connectivity index (χ1) is 15.8. The zero-order valence-electron chi connectivity index (χ0n) is 18.5. The van der Waals surface area contributed by atoms with Gasteiger partial charge in [0.05, 0.1) is 17.5 Å². The zero-order chi connectivity index (χ0) is 23.8. The molecule has 0 aliphatic heterocycles. The molecule has 0 radical (unpaired) electrons. The lowest BCUT2D eigenvalue weighted by atomic mass is 10.0. The molecular weight excluding hydrogens is 446 g/mol. The smallest absolute Gasteiger partial charge is 0.268 e. The Bertz CT molecular complexity index is 1450. The average Bonchev–Trinajstić information content (AvgIpc) is 3.18. The summed E-state index contributed by atoms with van der Waals surface area (Å²) in [5.41, 5.74) is 2.39. The van der Waals surface area contributed by atoms with Gasteiger partial charge in [0.2, 0.25) is 0 Å². The van der Waals surface area contributed by atoms with E-state index >= 15 is 0 Å². The molecule has 3 aromatic carbocycles. The van der Waals surface area contributed by atoms with Crippen LogP contribution in [0.2, 0.25) is 0 Å². The van der Waals surface area contributed by atoms with E-state index in [1.54, 1.807) is 43.6 Å². The number of aromatic nitrogens is 1. The van der Waals surface area contributed by atoms with Gasteiger partial charge in [0.1, 0.15) is 5.75 Å². The monoisotopic (exact) mass is 470 g/mol. The molecule has 1 aromatic heterocycles. The summed E-state index contributed by atoms with van der Waals surface area (Å²) in [5, 5.41) is 3.81. The highest BCUT2D eigenvalue weighted by Crippen LogP contribution is 2.29. The fourth-order valence-corrected chi connectivity index (χ4v) is 5.29. The molecule has 0 fully saturated rings. The van der Waals surface area contributed by atoms with Gasteiger partial charge >= 0.3 is 0 Å². The van der Waals surface area contributed by atoms with Crippen LogP contribution in [0.25, 0.3) is 10.9 Å². The normalized spacial score (nSPS) is 11.8. The SMILES string of the molecule is CNCc1cn(S(=O)(=O)c2cccc(OC)c2)c2cc(Cc3ccc(C)c(F)c3F)ccc12. The number of ether oxygens (including phenoxy) is 1. The van der Waals surface area contributed by atoms with Crippen LogP contribution in [0.15, 0.2) is 65.7 Å². The van der Waals surface area contributed by atoms with E-state index < -0.39 is 21.7 Å². The number of nitrogens with one attached hydrogen (secondary N) is 1. The molecule has 33 heavy (non-hydrogen) atoms. The maximum absolute atomic E-state index is 14.4. The van der Waals surface area contributed by atoms with E-state index in [1.807, 2.05) is 6.07 Å². The summed E-state index contributed by atoms with van der Waals surface area (Å²) < 4.78 is 61.9. The van der Waals surface area contributed by atoms with Crippen molar-refractivity contribution in [1.29, 1.82) is 0 Å². The number of hydrogen-bond acceptors (Lipinski definition) is 4. The van der Waals surface area contributed by atoms with E-state index in [1.165, 1.54) is 36.2 Å². The zero-order valence-corrected chi connectivity index (χ0v) is 19.3. The number of methoxy groups -OCH3 is 1. The van der Waals surface area contributed by atoms with Crippen molar-refractivity contribution in [3.05, 3.63) is 94.7 Å². The summed E-state index contributed by atoms with van der Waals surface area (Å²) in [5.74, 6) is -1.32. The minimum atomic E-state index is -3.93. The average molecular weight is 471 g/mol. The molecule has 8 heteroatoms. The summed E-state index contributed by atoms with van der Waals surface area (Å²) in [4.78, 5) is 0.0896. The van der Waals surface area contributed by atoms with Crippen molar-refractivity contribution in [3.63, 3.8) is 0 Å². The summed E-state index contributed by atoms with van der Waals surface area (Å²) in [7, 11) is -0.677. The lowest BCUT2D eigenvalue weighted by Crippen LogP contribution is -2.12.